The minimum atomic E-state index is 0.950. The van der Waals surface area contributed by atoms with E-state index < -0.39 is 0 Å². The summed E-state index contributed by atoms with van der Waals surface area (Å²) < 4.78 is 0. The largest absolute Gasteiger partial charge is 0.378 e. The van der Waals surface area contributed by atoms with Crippen LogP contribution in [0.3, 0.4) is 0 Å². The van der Waals surface area contributed by atoms with Gasteiger partial charge in [-0.05, 0) is 41.8 Å². The molecule has 0 amide bonds. The van der Waals surface area contributed by atoms with E-state index in [1.165, 1.54) is 45.1 Å². The van der Waals surface area contributed by atoms with Crippen LogP contribution >= 0.6 is 0 Å². The fraction of sp³-hybridized carbons (Fsp3) is 0.455. The highest BCUT2D eigenvalue weighted by Crippen LogP contribution is 2.47. The lowest BCUT2D eigenvalue weighted by Gasteiger charge is -2.47. The Kier molecular flexibility index (Phi) is 4.13. The van der Waals surface area contributed by atoms with Crippen LogP contribution in [-0.4, -0.2) is 49.0 Å². The summed E-state index contributed by atoms with van der Waals surface area (Å²) >= 11 is 0. The zero-order valence-corrected chi connectivity index (χ0v) is 17.7. The van der Waals surface area contributed by atoms with E-state index in [0.717, 1.165) is 19.8 Å². The number of benzene rings is 2. The molecule has 2 aliphatic heterocycles. The predicted molar refractivity (Wildman–Crippen MR) is 118 cm³/mol. The van der Waals surface area contributed by atoms with Gasteiger partial charge < -0.3 is 24.5 Å². The smallest absolute Gasteiger partial charge is 0.0911 e. The Hall–Kier alpha value is -2.56. The maximum Gasteiger partial charge on any atom is 0.0911 e. The summed E-state index contributed by atoms with van der Waals surface area (Å²) in [5, 5.41) is 0. The third kappa shape index (κ3) is 2.85. The summed E-state index contributed by atoms with van der Waals surface area (Å²) in [6, 6.07) is 9.34. The summed E-state index contributed by atoms with van der Waals surface area (Å²) in [6.45, 7) is 5.06. The molecular weight excluding hydrogens is 334 g/mol. The van der Waals surface area contributed by atoms with Crippen molar-refractivity contribution in [3.8, 4) is 0 Å². The van der Waals surface area contributed by atoms with Gasteiger partial charge in [0.25, 0.3) is 0 Å². The Morgan fingerprint density at radius 3 is 1.70 bits per heavy atom. The molecule has 2 heterocycles. The molecule has 0 saturated carbocycles. The lowest BCUT2D eigenvalue weighted by atomic mass is 9.97. The van der Waals surface area contributed by atoms with Crippen molar-refractivity contribution in [3.05, 3.63) is 41.0 Å². The second-order valence-corrected chi connectivity index (χ2v) is 8.49. The van der Waals surface area contributed by atoms with Gasteiger partial charge in [0.05, 0.1) is 29.4 Å². The van der Waals surface area contributed by atoms with Crippen LogP contribution in [-0.2, 0) is 13.1 Å². The molecular formula is C22H31N5. The van der Waals surface area contributed by atoms with Crippen molar-refractivity contribution >= 4 is 28.4 Å². The van der Waals surface area contributed by atoms with Gasteiger partial charge in [-0.2, -0.15) is 0 Å². The normalized spacial score (nSPS) is 14.6. The van der Waals surface area contributed by atoms with E-state index in [1.807, 2.05) is 0 Å². The van der Waals surface area contributed by atoms with Crippen LogP contribution in [0.2, 0.25) is 0 Å². The first-order valence-electron chi connectivity index (χ1n) is 9.58. The molecule has 0 N–H and O–H groups in total. The van der Waals surface area contributed by atoms with Gasteiger partial charge >= 0.3 is 0 Å². The highest BCUT2D eigenvalue weighted by Gasteiger charge is 2.34. The van der Waals surface area contributed by atoms with Crippen LogP contribution in [0.5, 0.6) is 0 Å². The standard InChI is InChI=1S/C22H31N5/c1-15-8-16-12-26-14-27(21(16)19(9-15)24(4)5)13-17-10-18(23(2)3)11-20(22(17)26)25(6)7/h8-11H,12-14H2,1-7H3. The maximum atomic E-state index is 2.54. The lowest BCUT2D eigenvalue weighted by molar-refractivity contribution is 0.649. The van der Waals surface area contributed by atoms with Crippen molar-refractivity contribution in [1.29, 1.82) is 0 Å². The molecule has 27 heavy (non-hydrogen) atoms. The first-order valence-corrected chi connectivity index (χ1v) is 9.58. The van der Waals surface area contributed by atoms with E-state index in [0.29, 0.717) is 0 Å². The highest BCUT2D eigenvalue weighted by molar-refractivity contribution is 5.85. The summed E-state index contributed by atoms with van der Waals surface area (Å²) in [5.41, 5.74) is 10.8. The van der Waals surface area contributed by atoms with E-state index >= 15 is 0 Å². The van der Waals surface area contributed by atoms with Crippen LogP contribution in [0.15, 0.2) is 24.3 Å². The molecule has 0 saturated heterocycles. The van der Waals surface area contributed by atoms with E-state index in [9.17, 15) is 0 Å². The minimum absolute atomic E-state index is 0.950. The van der Waals surface area contributed by atoms with Gasteiger partial charge in [0.15, 0.2) is 0 Å². The summed E-state index contributed by atoms with van der Waals surface area (Å²) in [7, 11) is 12.8. The van der Waals surface area contributed by atoms with E-state index in [2.05, 4.69) is 98.0 Å². The molecule has 0 atom stereocenters. The van der Waals surface area contributed by atoms with Crippen molar-refractivity contribution in [3.63, 3.8) is 0 Å². The molecule has 0 radical (unpaired) electrons. The molecule has 5 nitrogen and oxygen atoms in total. The Bertz CT molecular complexity index is 885. The molecule has 0 aromatic heterocycles. The second kappa shape index (κ2) is 6.25. The monoisotopic (exact) mass is 365 g/mol. The Morgan fingerprint density at radius 1 is 0.667 bits per heavy atom. The molecule has 5 heteroatoms. The number of rotatable bonds is 3. The highest BCUT2D eigenvalue weighted by atomic mass is 15.4. The van der Waals surface area contributed by atoms with E-state index in [-0.39, 0.29) is 0 Å². The van der Waals surface area contributed by atoms with Crippen LogP contribution in [0.1, 0.15) is 16.7 Å². The van der Waals surface area contributed by atoms with Crippen LogP contribution < -0.4 is 24.5 Å². The fourth-order valence-electron chi connectivity index (χ4n) is 4.42. The lowest BCUT2D eigenvalue weighted by Crippen LogP contribution is -2.47. The van der Waals surface area contributed by atoms with Crippen molar-refractivity contribution in [2.24, 2.45) is 0 Å². The predicted octanol–water partition coefficient (Wildman–Crippen LogP) is 3.49. The number of aryl methyl sites for hydroxylation is 1. The maximum absolute atomic E-state index is 2.54. The van der Waals surface area contributed by atoms with Gasteiger partial charge in [-0.25, -0.2) is 0 Å². The van der Waals surface area contributed by atoms with Crippen molar-refractivity contribution in [2.75, 3.05) is 73.5 Å². The number of nitrogens with zero attached hydrogens (tertiary/aromatic N) is 5. The molecule has 2 aromatic rings. The Morgan fingerprint density at radius 2 is 1.19 bits per heavy atom. The average Bonchev–Trinajstić information content (AvgIpc) is 2.59. The number of fused-ring (bicyclic) bond motifs is 6. The summed E-state index contributed by atoms with van der Waals surface area (Å²) in [5.74, 6) is 0. The average molecular weight is 366 g/mol. The van der Waals surface area contributed by atoms with Crippen LogP contribution in [0.4, 0.5) is 28.4 Å². The molecule has 2 bridgehead atoms. The van der Waals surface area contributed by atoms with Crippen LogP contribution in [0.25, 0.3) is 0 Å². The van der Waals surface area contributed by atoms with Gasteiger partial charge in [-0.15, -0.1) is 0 Å². The second-order valence-electron chi connectivity index (χ2n) is 8.49. The molecule has 0 unspecified atom stereocenters. The SMILES string of the molecule is Cc1cc2c(c(N(C)C)c1)N1Cc3cc(N(C)C)cc(N(C)C)c3N(C2)C1. The molecule has 0 fully saturated rings. The van der Waals surface area contributed by atoms with Crippen molar-refractivity contribution in [2.45, 2.75) is 20.0 Å². The zero-order valence-electron chi connectivity index (χ0n) is 17.7. The zero-order chi connectivity index (χ0) is 19.5. The minimum Gasteiger partial charge on any atom is -0.378 e. The number of anilines is 5. The third-order valence-electron chi connectivity index (χ3n) is 5.64. The Balaban J connectivity index is 1.88. The molecule has 0 aliphatic carbocycles. The van der Waals surface area contributed by atoms with Gasteiger partial charge in [0, 0.05) is 61.1 Å². The van der Waals surface area contributed by atoms with Crippen molar-refractivity contribution < 1.29 is 0 Å². The van der Waals surface area contributed by atoms with Gasteiger partial charge in [-0.3, -0.25) is 0 Å². The number of hydrogen-bond acceptors (Lipinski definition) is 5. The third-order valence-corrected chi connectivity index (χ3v) is 5.64. The molecule has 144 valence electrons. The van der Waals surface area contributed by atoms with Gasteiger partial charge in [-0.1, -0.05) is 6.07 Å². The molecule has 0 spiro atoms. The summed E-state index contributed by atoms with van der Waals surface area (Å²) in [6.07, 6.45) is 0. The molecule has 2 aliphatic rings. The van der Waals surface area contributed by atoms with E-state index in [1.54, 1.807) is 0 Å². The summed E-state index contributed by atoms with van der Waals surface area (Å²) in [4.78, 5) is 11.8. The van der Waals surface area contributed by atoms with Crippen LogP contribution in [0, 0.1) is 6.92 Å². The molecule has 4 rings (SSSR count). The number of hydrogen-bond donors (Lipinski definition) is 0. The topological polar surface area (TPSA) is 16.2 Å². The molecule has 2 aromatic carbocycles. The van der Waals surface area contributed by atoms with Crippen molar-refractivity contribution in [1.82, 2.24) is 0 Å². The first-order chi connectivity index (χ1) is 12.8. The van der Waals surface area contributed by atoms with E-state index in [4.69, 9.17) is 0 Å². The van der Waals surface area contributed by atoms with Gasteiger partial charge in [0.2, 0.25) is 0 Å². The van der Waals surface area contributed by atoms with Gasteiger partial charge in [0.1, 0.15) is 0 Å². The Labute approximate surface area is 163 Å². The quantitative estimate of drug-likeness (QED) is 0.825. The first kappa shape index (κ1) is 17.8. The fourth-order valence-corrected chi connectivity index (χ4v) is 4.42.